The van der Waals surface area contributed by atoms with Crippen molar-refractivity contribution < 1.29 is 47.9 Å². The van der Waals surface area contributed by atoms with Gasteiger partial charge in [-0.15, -0.1) is 0 Å². The lowest BCUT2D eigenvalue weighted by atomic mass is 9.98. The number of hydrogen-bond donors (Lipinski definition) is 5. The minimum absolute atomic E-state index is 0. The third-order valence-electron chi connectivity index (χ3n) is 8.73. The number of nitrogens with one attached hydrogen (secondary N) is 3. The standard InChI is InChI=1S/C10H13N3O2S.C7H10N2O2S.C7H8N2OS.C6H7BrO2.C6H8O2.C3H5NO.CH4/c1-2-11-9(15)13-10-12-6-4-3-5-7(14)8(6)16-10;8-7(9)12-6-4(10)2-1-3-5(6)11;8-7-9-4-2-1-3-5(10)6(4)11-7;7-6-4(8)2-1-3-5(6)9;7-5-2-1-3-6(8)4-5;1-2-4-3-5;/h2-5H2,1H3,(H2,11,12,13,15);6H,1-3H2,(H3,8,9);1-3H2,(H2,8,9);6H,1-3H2;1-4H2;2H2,1H3;1H4. The largest absolute Gasteiger partial charge is 0.379 e. The lowest BCUT2D eigenvalue weighted by Crippen LogP contribution is -2.33. The summed E-state index contributed by atoms with van der Waals surface area (Å²) in [4.78, 5) is 120. The van der Waals surface area contributed by atoms with E-state index in [0.29, 0.717) is 86.0 Å². The number of thiazole rings is 2. The number of amidine groups is 1. The van der Waals surface area contributed by atoms with Gasteiger partial charge in [-0.3, -0.25) is 49.1 Å². The summed E-state index contributed by atoms with van der Waals surface area (Å²) in [6.45, 7) is 4.74. The lowest BCUT2D eigenvalue weighted by Gasteiger charge is -2.17. The third kappa shape index (κ3) is 20.0. The molecule has 3 fully saturated rings. The molecule has 0 atom stereocenters. The Hall–Kier alpha value is -4.63. The molecular formula is C40H55BrN8O10S3. The van der Waals surface area contributed by atoms with Crippen LogP contribution in [0.5, 0.6) is 0 Å². The highest BCUT2D eigenvalue weighted by atomic mass is 79.9. The Bertz CT molecular complexity index is 1950. The minimum Gasteiger partial charge on any atom is -0.379 e. The minimum atomic E-state index is -0.698. The van der Waals surface area contributed by atoms with Gasteiger partial charge in [0.2, 0.25) is 6.08 Å². The van der Waals surface area contributed by atoms with E-state index in [0.717, 1.165) is 66.6 Å². The number of Topliss-reactive ketones (excluding diaryl/α,β-unsaturated/α-hetero) is 8. The van der Waals surface area contributed by atoms with Gasteiger partial charge >= 0.3 is 6.03 Å². The smallest absolute Gasteiger partial charge is 0.321 e. The second kappa shape index (κ2) is 29.6. The summed E-state index contributed by atoms with van der Waals surface area (Å²) in [6.07, 6.45) is 11.8. The predicted molar refractivity (Wildman–Crippen MR) is 243 cm³/mol. The number of fused-ring (bicyclic) bond motifs is 2. The Balaban J connectivity index is 0.000000382. The number of carbonyl (C=O) groups is 9. The number of nitrogens with zero attached hydrogens (tertiary/aromatic N) is 3. The normalized spacial score (nSPS) is 17.0. The number of rotatable bonds is 4. The van der Waals surface area contributed by atoms with Crippen LogP contribution in [0.3, 0.4) is 0 Å². The number of aromatic nitrogens is 2. The van der Waals surface area contributed by atoms with E-state index in [1.807, 2.05) is 6.92 Å². The summed E-state index contributed by atoms with van der Waals surface area (Å²) in [5, 5.41) is 12.4. The Kier molecular flexibility index (Phi) is 26.5. The summed E-state index contributed by atoms with van der Waals surface area (Å²) in [7, 11) is 0. The maximum absolute atomic E-state index is 11.6. The number of aliphatic imine (C=N–C) groups is 1. The number of hydrogen-bond acceptors (Lipinski definition) is 18. The number of alkyl halides is 1. The molecule has 0 radical (unpaired) electrons. The third-order valence-corrected chi connectivity index (χ3v) is 12.8. The number of halogens is 1. The molecule has 0 aromatic carbocycles. The molecule has 0 aliphatic heterocycles. The van der Waals surface area contributed by atoms with Crippen molar-refractivity contribution in [1.82, 2.24) is 15.3 Å². The summed E-state index contributed by atoms with van der Waals surface area (Å²) >= 11 is 6.45. The summed E-state index contributed by atoms with van der Waals surface area (Å²) in [6, 6.07) is -0.277. The first-order valence-corrected chi connectivity index (χ1v) is 23.1. The molecule has 18 nitrogen and oxygen atoms in total. The molecule has 340 valence electrons. The van der Waals surface area contributed by atoms with Crippen LogP contribution in [-0.2, 0) is 46.4 Å². The quantitative estimate of drug-likeness (QED) is 0.0760. The molecule has 2 aromatic heterocycles. The van der Waals surface area contributed by atoms with Crippen molar-refractivity contribution in [2.45, 2.75) is 134 Å². The fourth-order valence-corrected chi connectivity index (χ4v) is 8.89. The van der Waals surface area contributed by atoms with Crippen LogP contribution in [0.1, 0.15) is 142 Å². The lowest BCUT2D eigenvalue weighted by molar-refractivity contribution is -0.130. The highest BCUT2D eigenvalue weighted by Gasteiger charge is 2.31. The molecule has 5 aliphatic rings. The van der Waals surface area contributed by atoms with Gasteiger partial charge in [0.25, 0.3) is 0 Å². The zero-order valence-corrected chi connectivity index (χ0v) is 38.1. The van der Waals surface area contributed by atoms with E-state index in [1.54, 1.807) is 6.92 Å². The van der Waals surface area contributed by atoms with Crippen LogP contribution in [0.25, 0.3) is 0 Å². The van der Waals surface area contributed by atoms with Gasteiger partial charge in [-0.1, -0.05) is 57.8 Å². The van der Waals surface area contributed by atoms with E-state index in [-0.39, 0.29) is 71.3 Å². The molecule has 2 aromatic rings. The van der Waals surface area contributed by atoms with Gasteiger partial charge in [-0.2, -0.15) is 0 Å². The van der Waals surface area contributed by atoms with E-state index in [1.165, 1.54) is 28.8 Å². The van der Waals surface area contributed by atoms with E-state index < -0.39 is 10.1 Å². The number of thioether (sulfide) groups is 1. The van der Waals surface area contributed by atoms with Crippen LogP contribution in [-0.4, -0.2) is 96.7 Å². The number of nitrogens with two attached hydrogens (primary N) is 2. The Morgan fingerprint density at radius 1 is 0.774 bits per heavy atom. The Morgan fingerprint density at radius 3 is 1.63 bits per heavy atom. The number of nitrogen functional groups attached to an aromatic ring is 1. The molecule has 3 saturated carbocycles. The van der Waals surface area contributed by atoms with E-state index in [2.05, 4.69) is 41.5 Å². The first-order chi connectivity index (χ1) is 29.0. The molecule has 7 N–H and O–H groups in total. The molecule has 0 unspecified atom stereocenters. The Labute approximate surface area is 381 Å². The zero-order valence-electron chi connectivity index (χ0n) is 34.1. The maximum atomic E-state index is 11.6. The number of amides is 2. The van der Waals surface area contributed by atoms with Crippen LogP contribution in [0, 0.1) is 5.41 Å². The first-order valence-electron chi connectivity index (χ1n) is 19.7. The van der Waals surface area contributed by atoms with Crippen molar-refractivity contribution in [1.29, 1.82) is 5.41 Å². The number of carbonyl (C=O) groups excluding carboxylic acids is 10. The monoisotopic (exact) mass is 982 g/mol. The Morgan fingerprint density at radius 2 is 1.24 bits per heavy atom. The van der Waals surface area contributed by atoms with E-state index in [9.17, 15) is 43.2 Å². The summed E-state index contributed by atoms with van der Waals surface area (Å²) < 4.78 is 0. The second-order valence-corrected chi connectivity index (χ2v) is 17.7. The van der Waals surface area contributed by atoms with Crippen LogP contribution >= 0.6 is 50.4 Å². The molecule has 5 aliphatic carbocycles. The van der Waals surface area contributed by atoms with Gasteiger partial charge in [0.05, 0.1) is 27.6 Å². The van der Waals surface area contributed by atoms with Crippen LogP contribution in [0.2, 0.25) is 0 Å². The predicted octanol–water partition coefficient (Wildman–Crippen LogP) is 6.10. The van der Waals surface area contributed by atoms with Crippen LogP contribution in [0.4, 0.5) is 15.1 Å². The number of urea groups is 1. The summed E-state index contributed by atoms with van der Waals surface area (Å²) in [5.74, 6) is 0.459. The molecule has 62 heavy (non-hydrogen) atoms. The average Bonchev–Trinajstić information content (AvgIpc) is 3.81. The number of anilines is 2. The maximum Gasteiger partial charge on any atom is 0.321 e. The van der Waals surface area contributed by atoms with Crippen molar-refractivity contribution in [2.24, 2.45) is 10.7 Å². The van der Waals surface area contributed by atoms with Gasteiger partial charge in [-0.05, 0) is 58.8 Å². The molecule has 0 bridgehead atoms. The number of isocyanates is 1. The second-order valence-electron chi connectivity index (χ2n) is 13.6. The first kappa shape index (κ1) is 55.4. The zero-order chi connectivity index (χ0) is 45.5. The fourth-order valence-electron chi connectivity index (χ4n) is 5.86. The fraction of sp³-hybridized carbons (Fsp3) is 0.575. The topological polar surface area (TPSA) is 309 Å². The molecule has 7 rings (SSSR count). The van der Waals surface area contributed by atoms with Crippen molar-refractivity contribution in [3.05, 3.63) is 21.1 Å². The molecule has 0 saturated heterocycles. The van der Waals surface area contributed by atoms with Gasteiger partial charge in [-0.25, -0.2) is 24.5 Å². The van der Waals surface area contributed by atoms with Crippen LogP contribution in [0.15, 0.2) is 4.99 Å². The highest BCUT2D eigenvalue weighted by Crippen LogP contribution is 2.30. The van der Waals surface area contributed by atoms with Gasteiger partial charge < -0.3 is 16.8 Å². The van der Waals surface area contributed by atoms with Gasteiger partial charge in [0, 0.05) is 64.5 Å². The van der Waals surface area contributed by atoms with Crippen LogP contribution < -0.4 is 22.1 Å². The molecular weight excluding hydrogens is 929 g/mol. The molecule has 2 heterocycles. The summed E-state index contributed by atoms with van der Waals surface area (Å²) in [5.41, 5.74) is 12.3. The van der Waals surface area contributed by atoms with Crippen molar-refractivity contribution >= 4 is 124 Å². The molecule has 22 heteroatoms. The molecule has 2 amide bonds. The van der Waals surface area contributed by atoms with Gasteiger partial charge in [0.1, 0.15) is 21.6 Å². The number of aryl methyl sites for hydroxylation is 2. The van der Waals surface area contributed by atoms with Crippen molar-refractivity contribution in [2.75, 3.05) is 24.1 Å². The average molecular weight is 984 g/mol. The number of ketones is 8. The SMILES string of the molecule is C.CCN=C=O.CCNC(=O)Nc1nc2c(s1)C(=O)CCC2.N=C(N)SC1C(=O)CCCC1=O.Nc1nc2c(s1)C(=O)CCC2.O=C1CCCC(=O)C1.O=C1CCCC(=O)C1Br. The molecule has 0 spiro atoms. The van der Waals surface area contributed by atoms with Crippen molar-refractivity contribution in [3.8, 4) is 0 Å². The van der Waals surface area contributed by atoms with Gasteiger partial charge in [0.15, 0.2) is 50.1 Å². The highest BCUT2D eigenvalue weighted by molar-refractivity contribution is 9.10. The van der Waals surface area contributed by atoms with E-state index in [4.69, 9.17) is 21.7 Å². The van der Waals surface area contributed by atoms with Crippen molar-refractivity contribution in [3.63, 3.8) is 0 Å². The van der Waals surface area contributed by atoms with E-state index >= 15 is 0 Å².